The summed E-state index contributed by atoms with van der Waals surface area (Å²) in [6.45, 7) is 24.3. The minimum atomic E-state index is -3.31. The van der Waals surface area contributed by atoms with Crippen LogP contribution in [0.25, 0.3) is 0 Å². The smallest absolute Gasteiger partial charge is 0.337 e. The first-order chi connectivity index (χ1) is 16.8. The van der Waals surface area contributed by atoms with Crippen LogP contribution in [-0.4, -0.2) is 81.2 Å². The monoisotopic (exact) mass is 620 g/mol. The van der Waals surface area contributed by atoms with Crippen molar-refractivity contribution in [2.75, 3.05) is 40.8 Å². The molecule has 38 heavy (non-hydrogen) atoms. The van der Waals surface area contributed by atoms with Crippen molar-refractivity contribution in [3.05, 3.63) is 0 Å². The van der Waals surface area contributed by atoms with Gasteiger partial charge in [-0.05, 0) is 50.1 Å². The molecule has 0 N–H and O–H groups in total. The van der Waals surface area contributed by atoms with Crippen molar-refractivity contribution in [1.29, 1.82) is 0 Å². The maximum Gasteiger partial charge on any atom is 0.337 e. The zero-order valence-electron chi connectivity index (χ0n) is 26.5. The standard InChI is InChI=1S/2C12H27O5PSi/c2*1-10(17-19(7,8)12(2,3)4)11(13)9-18(14,15-5)16-6/h2*10H,9H2,1-8H3/t2*10-/m11/s1. The van der Waals surface area contributed by atoms with Crippen molar-refractivity contribution < 1.29 is 45.7 Å². The van der Waals surface area contributed by atoms with Crippen molar-refractivity contribution in [2.24, 2.45) is 0 Å². The summed E-state index contributed by atoms with van der Waals surface area (Å²) >= 11 is 0. The Morgan fingerprint density at radius 1 is 0.605 bits per heavy atom. The number of rotatable bonds is 14. The highest BCUT2D eigenvalue weighted by Gasteiger charge is 2.41. The fourth-order valence-corrected chi connectivity index (χ4v) is 7.24. The van der Waals surface area contributed by atoms with E-state index in [4.69, 9.17) is 26.9 Å². The van der Waals surface area contributed by atoms with Crippen molar-refractivity contribution in [3.8, 4) is 0 Å². The summed E-state index contributed by atoms with van der Waals surface area (Å²) < 4.78 is 54.8. The van der Waals surface area contributed by atoms with Crippen LogP contribution in [-0.2, 0) is 45.7 Å². The number of hydrogen-bond donors (Lipinski definition) is 0. The van der Waals surface area contributed by atoms with Gasteiger partial charge in [-0.25, -0.2) is 0 Å². The molecule has 0 spiro atoms. The van der Waals surface area contributed by atoms with E-state index in [2.05, 4.69) is 67.7 Å². The molecule has 0 aliphatic rings. The first-order valence-electron chi connectivity index (χ1n) is 12.6. The molecule has 0 aromatic carbocycles. The van der Waals surface area contributed by atoms with E-state index < -0.39 is 44.0 Å². The quantitative estimate of drug-likeness (QED) is 0.150. The van der Waals surface area contributed by atoms with Crippen molar-refractivity contribution in [2.45, 2.75) is 104 Å². The summed E-state index contributed by atoms with van der Waals surface area (Å²) in [6, 6.07) is 0. The predicted molar refractivity (Wildman–Crippen MR) is 158 cm³/mol. The van der Waals surface area contributed by atoms with Crippen molar-refractivity contribution in [1.82, 2.24) is 0 Å². The van der Waals surface area contributed by atoms with Gasteiger partial charge in [-0.3, -0.25) is 18.7 Å². The van der Waals surface area contributed by atoms with E-state index in [1.807, 2.05) is 0 Å². The molecule has 0 saturated carbocycles. The lowest BCUT2D eigenvalue weighted by Gasteiger charge is -2.38. The highest BCUT2D eigenvalue weighted by Crippen LogP contribution is 2.47. The van der Waals surface area contributed by atoms with Crippen molar-refractivity contribution in [3.63, 3.8) is 0 Å². The minimum Gasteiger partial charge on any atom is -0.407 e. The average Bonchev–Trinajstić information content (AvgIpc) is 2.77. The lowest BCUT2D eigenvalue weighted by Crippen LogP contribution is -2.45. The van der Waals surface area contributed by atoms with Gasteiger partial charge >= 0.3 is 15.2 Å². The third kappa shape index (κ3) is 13.1. The molecule has 0 aliphatic carbocycles. The third-order valence-corrected chi connectivity index (χ3v) is 20.0. The topological polar surface area (TPSA) is 124 Å². The van der Waals surface area contributed by atoms with Crippen LogP contribution in [0.15, 0.2) is 0 Å². The molecule has 0 aromatic rings. The highest BCUT2D eigenvalue weighted by atomic mass is 31.2. The lowest BCUT2D eigenvalue weighted by molar-refractivity contribution is -0.124. The molecular weight excluding hydrogens is 566 g/mol. The minimum absolute atomic E-state index is 0.0216. The largest absolute Gasteiger partial charge is 0.407 e. The SMILES string of the molecule is COP(=O)(CC(=O)[C@@H](C)O[Si](C)(C)C(C)(C)C)OC.COP(=O)(CC(=O)[C@@H](C)O[Si](C)(C)C(C)(C)C)OC. The van der Waals surface area contributed by atoms with Crippen molar-refractivity contribution >= 4 is 43.4 Å². The summed E-state index contributed by atoms with van der Waals surface area (Å²) in [5.41, 5.74) is 0. The van der Waals surface area contributed by atoms with Gasteiger partial charge in [0.2, 0.25) is 0 Å². The molecule has 14 heteroatoms. The summed E-state index contributed by atoms with van der Waals surface area (Å²) in [4.78, 5) is 24.1. The first kappa shape index (κ1) is 40.1. The number of carbonyl (C=O) groups excluding carboxylic acids is 2. The van der Waals surface area contributed by atoms with Gasteiger partial charge in [-0.1, -0.05) is 41.5 Å². The Kier molecular flexibility index (Phi) is 16.1. The second-order valence-corrected chi connectivity index (χ2v) is 26.3. The molecule has 228 valence electrons. The Morgan fingerprint density at radius 2 is 0.816 bits per heavy atom. The van der Waals surface area contributed by atoms with Gasteiger partial charge in [0.1, 0.15) is 24.5 Å². The molecule has 0 radical (unpaired) electrons. The van der Waals surface area contributed by atoms with Gasteiger partial charge in [0.05, 0.1) is 0 Å². The normalized spacial score (nSPS) is 15.4. The zero-order chi connectivity index (χ0) is 31.0. The fraction of sp³-hybridized carbons (Fsp3) is 0.917. The van der Waals surface area contributed by atoms with Gasteiger partial charge in [0.15, 0.2) is 28.2 Å². The molecule has 0 heterocycles. The van der Waals surface area contributed by atoms with E-state index >= 15 is 0 Å². The average molecular weight is 621 g/mol. The maximum absolute atomic E-state index is 12.0. The van der Waals surface area contributed by atoms with Crippen LogP contribution in [0.4, 0.5) is 0 Å². The molecule has 0 rings (SSSR count). The molecule has 0 amide bonds. The molecule has 10 nitrogen and oxygen atoms in total. The van der Waals surface area contributed by atoms with E-state index in [-0.39, 0.29) is 34.0 Å². The Hall–Kier alpha value is -0.00623. The van der Waals surface area contributed by atoms with E-state index in [1.165, 1.54) is 28.4 Å². The predicted octanol–water partition coefficient (Wildman–Crippen LogP) is 6.90. The fourth-order valence-electron chi connectivity index (χ4n) is 2.41. The molecule has 2 atom stereocenters. The molecule has 0 aliphatic heterocycles. The van der Waals surface area contributed by atoms with E-state index in [9.17, 15) is 18.7 Å². The van der Waals surface area contributed by atoms with Crippen LogP contribution in [0.5, 0.6) is 0 Å². The molecular formula is C24H54O10P2Si2. The van der Waals surface area contributed by atoms with Gasteiger partial charge in [-0.2, -0.15) is 0 Å². The third-order valence-electron chi connectivity index (χ3n) is 7.27. The van der Waals surface area contributed by atoms with Crippen LogP contribution in [0, 0.1) is 0 Å². The summed E-state index contributed by atoms with van der Waals surface area (Å²) in [5, 5.41) is 0.0432. The molecule has 0 saturated heterocycles. The van der Waals surface area contributed by atoms with Crippen LogP contribution >= 0.6 is 15.2 Å². The molecule has 0 unspecified atom stereocenters. The van der Waals surface area contributed by atoms with Crippen LogP contribution in [0.3, 0.4) is 0 Å². The molecule has 0 aromatic heterocycles. The Morgan fingerprint density at radius 3 is 0.974 bits per heavy atom. The van der Waals surface area contributed by atoms with Gasteiger partial charge < -0.3 is 26.9 Å². The van der Waals surface area contributed by atoms with E-state index in [0.29, 0.717) is 0 Å². The Balaban J connectivity index is 0. The highest BCUT2D eigenvalue weighted by molar-refractivity contribution is 7.55. The van der Waals surface area contributed by atoms with Crippen LogP contribution < -0.4 is 0 Å². The second-order valence-electron chi connectivity index (χ2n) is 12.2. The number of hydrogen-bond acceptors (Lipinski definition) is 10. The molecule has 0 fully saturated rings. The van der Waals surface area contributed by atoms with Crippen LogP contribution in [0.2, 0.25) is 36.3 Å². The lowest BCUT2D eigenvalue weighted by atomic mass is 10.2. The van der Waals surface area contributed by atoms with Gasteiger partial charge in [0, 0.05) is 28.4 Å². The summed E-state index contributed by atoms with van der Waals surface area (Å²) in [6.07, 6.45) is -1.70. The summed E-state index contributed by atoms with van der Waals surface area (Å²) in [5.74, 6) is -0.506. The zero-order valence-corrected chi connectivity index (χ0v) is 30.3. The van der Waals surface area contributed by atoms with Gasteiger partial charge in [0.25, 0.3) is 0 Å². The van der Waals surface area contributed by atoms with E-state index in [0.717, 1.165) is 0 Å². The van der Waals surface area contributed by atoms with Crippen LogP contribution in [0.1, 0.15) is 55.4 Å². The number of ketones is 2. The van der Waals surface area contributed by atoms with E-state index in [1.54, 1.807) is 13.8 Å². The Labute approximate surface area is 233 Å². The molecule has 0 bridgehead atoms. The second kappa shape index (κ2) is 15.3. The maximum atomic E-state index is 12.0. The first-order valence-corrected chi connectivity index (χ1v) is 21.9. The Bertz CT molecular complexity index is 777. The number of carbonyl (C=O) groups is 2. The number of Topliss-reactive ketones (excluding diaryl/α,β-unsaturated/α-hetero) is 2. The van der Waals surface area contributed by atoms with Gasteiger partial charge in [-0.15, -0.1) is 0 Å². The summed E-state index contributed by atoms with van der Waals surface area (Å²) in [7, 11) is -5.56.